The molecule has 2 aromatic rings. The first-order valence-corrected chi connectivity index (χ1v) is 7.39. The summed E-state index contributed by atoms with van der Waals surface area (Å²) in [4.78, 5) is 24.4. The molecule has 0 aliphatic heterocycles. The molecule has 3 heteroatoms. The second kappa shape index (κ2) is 5.76. The van der Waals surface area contributed by atoms with E-state index in [0.29, 0.717) is 12.8 Å². The Morgan fingerprint density at radius 1 is 1.00 bits per heavy atom. The van der Waals surface area contributed by atoms with E-state index in [1.54, 1.807) is 0 Å². The Balaban J connectivity index is 2.11. The third kappa shape index (κ3) is 2.33. The number of benzene rings is 2. The smallest absolute Gasteiger partial charge is 0.316 e. The van der Waals surface area contributed by atoms with Gasteiger partial charge < -0.3 is 4.74 Å². The number of hydrogen-bond acceptors (Lipinski definition) is 3. The van der Waals surface area contributed by atoms with Gasteiger partial charge >= 0.3 is 5.97 Å². The highest BCUT2D eigenvalue weighted by atomic mass is 16.5. The van der Waals surface area contributed by atoms with Gasteiger partial charge in [0.1, 0.15) is 11.7 Å². The van der Waals surface area contributed by atoms with Crippen molar-refractivity contribution in [2.24, 2.45) is 5.92 Å². The number of ether oxygens (including phenoxy) is 1. The van der Waals surface area contributed by atoms with Crippen molar-refractivity contribution in [1.82, 2.24) is 0 Å². The minimum absolute atomic E-state index is 0.0421. The van der Waals surface area contributed by atoms with Gasteiger partial charge in [0.15, 0.2) is 0 Å². The summed E-state index contributed by atoms with van der Waals surface area (Å²) in [5, 5.41) is 0. The number of carbonyl (C=O) groups is 2. The zero-order valence-corrected chi connectivity index (χ0v) is 12.5. The molecule has 1 atom stereocenters. The molecule has 1 fully saturated rings. The van der Waals surface area contributed by atoms with Crippen molar-refractivity contribution in [1.29, 1.82) is 0 Å². The van der Waals surface area contributed by atoms with Crippen molar-refractivity contribution in [2.75, 3.05) is 7.11 Å². The van der Waals surface area contributed by atoms with Gasteiger partial charge in [-0.05, 0) is 17.5 Å². The van der Waals surface area contributed by atoms with Gasteiger partial charge in [-0.25, -0.2) is 0 Å². The lowest BCUT2D eigenvalue weighted by Crippen LogP contribution is -2.25. The van der Waals surface area contributed by atoms with Gasteiger partial charge in [-0.2, -0.15) is 0 Å². The van der Waals surface area contributed by atoms with E-state index < -0.39 is 17.3 Å². The van der Waals surface area contributed by atoms with Crippen LogP contribution < -0.4 is 0 Å². The predicted octanol–water partition coefficient (Wildman–Crippen LogP) is 3.12. The quantitative estimate of drug-likeness (QED) is 0.645. The summed E-state index contributed by atoms with van der Waals surface area (Å²) in [5.41, 5.74) is 1.69. The number of esters is 1. The van der Waals surface area contributed by atoms with Crippen LogP contribution in [0.5, 0.6) is 0 Å². The van der Waals surface area contributed by atoms with Crippen LogP contribution in [0.25, 0.3) is 0 Å². The average molecular weight is 294 g/mol. The molecular weight excluding hydrogens is 276 g/mol. The molecule has 3 nitrogen and oxygen atoms in total. The molecule has 0 spiro atoms. The number of ketones is 1. The second-order valence-electron chi connectivity index (χ2n) is 5.74. The van der Waals surface area contributed by atoms with Crippen LogP contribution in [0.1, 0.15) is 24.0 Å². The van der Waals surface area contributed by atoms with Crippen LogP contribution in [-0.4, -0.2) is 18.9 Å². The van der Waals surface area contributed by atoms with E-state index in [2.05, 4.69) is 0 Å². The first-order chi connectivity index (χ1) is 10.7. The fourth-order valence-corrected chi connectivity index (χ4v) is 3.43. The summed E-state index contributed by atoms with van der Waals surface area (Å²) in [6, 6.07) is 19.9. The Morgan fingerprint density at radius 3 is 1.95 bits per heavy atom. The molecule has 1 aliphatic carbocycles. The fourth-order valence-electron chi connectivity index (χ4n) is 3.43. The highest BCUT2D eigenvalue weighted by Crippen LogP contribution is 2.47. The number of methoxy groups -OCH3 is 1. The fraction of sp³-hybridized carbons (Fsp3) is 0.263. The number of rotatable bonds is 3. The minimum atomic E-state index is -0.676. The van der Waals surface area contributed by atoms with E-state index in [1.807, 2.05) is 60.7 Å². The predicted molar refractivity (Wildman–Crippen MR) is 83.4 cm³/mol. The van der Waals surface area contributed by atoms with Crippen molar-refractivity contribution in [3.05, 3.63) is 71.8 Å². The molecule has 22 heavy (non-hydrogen) atoms. The summed E-state index contributed by atoms with van der Waals surface area (Å²) >= 11 is 0. The monoisotopic (exact) mass is 294 g/mol. The Morgan fingerprint density at radius 2 is 1.50 bits per heavy atom. The first-order valence-electron chi connectivity index (χ1n) is 7.39. The van der Waals surface area contributed by atoms with Crippen LogP contribution in [0.2, 0.25) is 0 Å². The maximum atomic E-state index is 12.4. The van der Waals surface area contributed by atoms with Crippen LogP contribution in [-0.2, 0) is 19.7 Å². The molecular formula is C19H18O3. The zero-order chi connectivity index (χ0) is 15.6. The molecule has 0 bridgehead atoms. The largest absolute Gasteiger partial charge is 0.468 e. The van der Waals surface area contributed by atoms with Crippen molar-refractivity contribution in [3.63, 3.8) is 0 Å². The lowest BCUT2D eigenvalue weighted by atomic mass is 9.72. The van der Waals surface area contributed by atoms with E-state index in [4.69, 9.17) is 4.74 Å². The lowest BCUT2D eigenvalue weighted by Gasteiger charge is -2.30. The maximum absolute atomic E-state index is 12.4. The molecule has 0 radical (unpaired) electrons. The highest BCUT2D eigenvalue weighted by molar-refractivity contribution is 6.02. The van der Waals surface area contributed by atoms with E-state index >= 15 is 0 Å². The Bertz CT molecular complexity index is 637. The van der Waals surface area contributed by atoms with Crippen LogP contribution in [0.3, 0.4) is 0 Å². The van der Waals surface area contributed by atoms with Gasteiger partial charge in [0, 0.05) is 11.8 Å². The van der Waals surface area contributed by atoms with Gasteiger partial charge in [0.25, 0.3) is 0 Å². The van der Waals surface area contributed by atoms with E-state index in [9.17, 15) is 9.59 Å². The molecule has 2 aromatic carbocycles. The van der Waals surface area contributed by atoms with Crippen molar-refractivity contribution in [3.8, 4) is 0 Å². The summed E-state index contributed by atoms with van der Waals surface area (Å²) < 4.78 is 4.81. The molecule has 0 aromatic heterocycles. The Labute approximate surface area is 129 Å². The summed E-state index contributed by atoms with van der Waals surface area (Å²) in [7, 11) is 1.33. The second-order valence-corrected chi connectivity index (χ2v) is 5.74. The van der Waals surface area contributed by atoms with E-state index in [1.165, 1.54) is 7.11 Å². The first kappa shape index (κ1) is 14.5. The Hall–Kier alpha value is -2.42. The molecule has 1 aliphatic rings. The summed E-state index contributed by atoms with van der Waals surface area (Å²) in [6.07, 6.45) is 0.799. The van der Waals surface area contributed by atoms with Crippen LogP contribution >= 0.6 is 0 Å². The molecule has 0 unspecified atom stereocenters. The molecule has 112 valence electrons. The van der Waals surface area contributed by atoms with Gasteiger partial charge in [-0.1, -0.05) is 60.7 Å². The maximum Gasteiger partial charge on any atom is 0.316 e. The van der Waals surface area contributed by atoms with E-state index in [-0.39, 0.29) is 5.78 Å². The van der Waals surface area contributed by atoms with Crippen LogP contribution in [0.4, 0.5) is 0 Å². The van der Waals surface area contributed by atoms with Crippen molar-refractivity contribution < 1.29 is 14.3 Å². The van der Waals surface area contributed by atoms with Crippen molar-refractivity contribution in [2.45, 2.75) is 18.3 Å². The molecule has 0 amide bonds. The minimum Gasteiger partial charge on any atom is -0.468 e. The van der Waals surface area contributed by atoms with Gasteiger partial charge in [0.2, 0.25) is 0 Å². The summed E-state index contributed by atoms with van der Waals surface area (Å²) in [6.45, 7) is 0. The third-order valence-corrected chi connectivity index (χ3v) is 4.56. The number of hydrogen-bond donors (Lipinski definition) is 0. The Kier molecular flexibility index (Phi) is 3.80. The molecule has 3 rings (SSSR count). The standard InChI is InChI=1S/C19H18O3/c1-22-18(21)16-12-19(13-17(16)20,14-8-4-2-5-9-14)15-10-6-3-7-11-15/h2-11,16H,12-13H2,1H3/t16-/m1/s1. The third-order valence-electron chi connectivity index (χ3n) is 4.56. The zero-order valence-electron chi connectivity index (χ0n) is 12.5. The van der Waals surface area contributed by atoms with Crippen LogP contribution in [0, 0.1) is 5.92 Å². The van der Waals surface area contributed by atoms with Gasteiger partial charge in [-0.3, -0.25) is 9.59 Å². The van der Waals surface area contributed by atoms with Gasteiger partial charge in [0.05, 0.1) is 7.11 Å². The van der Waals surface area contributed by atoms with Crippen molar-refractivity contribution >= 4 is 11.8 Å². The SMILES string of the molecule is COC(=O)[C@@H]1CC(c2ccccc2)(c2ccccc2)CC1=O. The van der Waals surface area contributed by atoms with Gasteiger partial charge in [-0.15, -0.1) is 0 Å². The molecule has 0 saturated heterocycles. The molecule has 0 N–H and O–H groups in total. The van der Waals surface area contributed by atoms with Crippen LogP contribution in [0.15, 0.2) is 60.7 Å². The van der Waals surface area contributed by atoms with E-state index in [0.717, 1.165) is 11.1 Å². The topological polar surface area (TPSA) is 43.4 Å². The summed E-state index contributed by atoms with van der Waals surface area (Å²) in [5.74, 6) is -1.15. The molecule has 0 heterocycles. The molecule has 1 saturated carbocycles. The normalized spacial score (nSPS) is 19.9. The number of carbonyl (C=O) groups excluding carboxylic acids is 2. The average Bonchev–Trinajstić information content (AvgIpc) is 2.94. The lowest BCUT2D eigenvalue weighted by molar-refractivity contribution is -0.148. The number of Topliss-reactive ketones (excluding diaryl/α,β-unsaturated/α-hetero) is 1. The highest BCUT2D eigenvalue weighted by Gasteiger charge is 2.49.